The van der Waals surface area contributed by atoms with Crippen molar-refractivity contribution in [1.82, 2.24) is 9.97 Å². The van der Waals surface area contributed by atoms with Crippen LogP contribution in [0.25, 0.3) is 10.9 Å². The fourth-order valence-corrected chi connectivity index (χ4v) is 1.88. The van der Waals surface area contributed by atoms with Gasteiger partial charge in [-0.05, 0) is 18.2 Å². The maximum Gasteiger partial charge on any atom is 0.260 e. The van der Waals surface area contributed by atoms with Crippen LogP contribution in [0.15, 0.2) is 23.0 Å². The summed E-state index contributed by atoms with van der Waals surface area (Å²) in [6, 6.07) is 4.64. The normalized spacial score (nSPS) is 10.5. The topological polar surface area (TPSA) is 161 Å². The summed E-state index contributed by atoms with van der Waals surface area (Å²) in [5.41, 5.74) is 16.2. The molecule has 2 aromatic rings. The molecule has 2 rings (SSSR count). The van der Waals surface area contributed by atoms with Crippen LogP contribution >= 0.6 is 0 Å². The van der Waals surface area contributed by atoms with Gasteiger partial charge in [0.2, 0.25) is 17.8 Å². The first-order valence-corrected chi connectivity index (χ1v) is 5.98. The van der Waals surface area contributed by atoms with E-state index in [9.17, 15) is 14.4 Å². The lowest BCUT2D eigenvalue weighted by Crippen LogP contribution is -2.41. The molecule has 1 aromatic heterocycles. The van der Waals surface area contributed by atoms with E-state index in [0.29, 0.717) is 16.6 Å². The zero-order valence-corrected chi connectivity index (χ0v) is 11.0. The van der Waals surface area contributed by atoms with E-state index in [1.54, 1.807) is 12.1 Å². The van der Waals surface area contributed by atoms with Crippen molar-refractivity contribution in [2.45, 2.75) is 0 Å². The number of carbonyl (C=O) groups excluding carboxylic acids is 2. The SMILES string of the molecule is NC(=O)CN(CC(N)=O)c1nc2ccc(N)cc2c(=O)[nH]1. The first-order chi connectivity index (χ1) is 9.86. The first-order valence-electron chi connectivity index (χ1n) is 5.98. The molecule has 0 radical (unpaired) electrons. The van der Waals surface area contributed by atoms with Gasteiger partial charge in [-0.2, -0.15) is 0 Å². The zero-order chi connectivity index (χ0) is 15.6. The lowest BCUT2D eigenvalue weighted by atomic mass is 10.2. The van der Waals surface area contributed by atoms with Crippen LogP contribution in [0.1, 0.15) is 0 Å². The average molecular weight is 290 g/mol. The molecular formula is C12H14N6O3. The highest BCUT2D eigenvalue weighted by atomic mass is 16.2. The van der Waals surface area contributed by atoms with Gasteiger partial charge in [0, 0.05) is 5.69 Å². The van der Waals surface area contributed by atoms with E-state index < -0.39 is 17.4 Å². The van der Waals surface area contributed by atoms with Gasteiger partial charge < -0.3 is 22.1 Å². The Labute approximate surface area is 118 Å². The van der Waals surface area contributed by atoms with Crippen LogP contribution in [0.2, 0.25) is 0 Å². The molecule has 0 saturated heterocycles. The average Bonchev–Trinajstić information content (AvgIpc) is 2.37. The summed E-state index contributed by atoms with van der Waals surface area (Å²) < 4.78 is 0. The lowest BCUT2D eigenvalue weighted by molar-refractivity contribution is -0.117. The number of nitrogens with zero attached hydrogens (tertiary/aromatic N) is 2. The van der Waals surface area contributed by atoms with Gasteiger partial charge in [-0.15, -0.1) is 0 Å². The number of rotatable bonds is 5. The molecule has 9 heteroatoms. The number of H-pyrrole nitrogens is 1. The minimum atomic E-state index is -0.684. The van der Waals surface area contributed by atoms with Crippen LogP contribution in [0.3, 0.4) is 0 Å². The van der Waals surface area contributed by atoms with E-state index in [2.05, 4.69) is 9.97 Å². The van der Waals surface area contributed by atoms with Crippen LogP contribution in [-0.4, -0.2) is 34.9 Å². The maximum absolute atomic E-state index is 12.0. The summed E-state index contributed by atoms with van der Waals surface area (Å²) in [7, 11) is 0. The molecule has 110 valence electrons. The molecule has 0 aliphatic carbocycles. The number of amides is 2. The number of fused-ring (bicyclic) bond motifs is 1. The van der Waals surface area contributed by atoms with Gasteiger partial charge in [0.15, 0.2) is 0 Å². The fourth-order valence-electron chi connectivity index (χ4n) is 1.88. The standard InChI is InChI=1S/C12H14N6O3/c13-6-1-2-8-7(3-6)11(21)17-12(16-8)18(4-9(14)19)5-10(15)20/h1-3H,4-5,13H2,(H2,14,19)(H2,15,20)(H,16,17,21). The van der Waals surface area contributed by atoms with Gasteiger partial charge in [-0.3, -0.25) is 19.4 Å². The minimum absolute atomic E-state index is 0.0369. The molecule has 21 heavy (non-hydrogen) atoms. The molecule has 0 aliphatic heterocycles. The number of nitrogens with two attached hydrogens (primary N) is 3. The number of hydrogen-bond acceptors (Lipinski definition) is 6. The number of benzene rings is 1. The zero-order valence-electron chi connectivity index (χ0n) is 11.0. The Bertz CT molecular complexity index is 753. The monoisotopic (exact) mass is 290 g/mol. The predicted molar refractivity (Wildman–Crippen MR) is 77.4 cm³/mol. The lowest BCUT2D eigenvalue weighted by Gasteiger charge is -2.19. The number of nitrogen functional groups attached to an aromatic ring is 1. The van der Waals surface area contributed by atoms with Crippen LogP contribution < -0.4 is 27.7 Å². The van der Waals surface area contributed by atoms with Gasteiger partial charge in [-0.1, -0.05) is 0 Å². The number of aromatic nitrogens is 2. The molecule has 1 heterocycles. The van der Waals surface area contributed by atoms with Crippen LogP contribution in [0, 0.1) is 0 Å². The van der Waals surface area contributed by atoms with Gasteiger partial charge in [0.25, 0.3) is 5.56 Å². The van der Waals surface area contributed by atoms with Crippen molar-refractivity contribution in [3.8, 4) is 0 Å². The number of hydrogen-bond donors (Lipinski definition) is 4. The highest BCUT2D eigenvalue weighted by Gasteiger charge is 2.16. The summed E-state index contributed by atoms with van der Waals surface area (Å²) in [6.45, 7) is -0.598. The molecule has 1 aromatic carbocycles. The maximum atomic E-state index is 12.0. The Morgan fingerprint density at radius 3 is 2.38 bits per heavy atom. The molecule has 0 bridgehead atoms. The van der Waals surface area contributed by atoms with Gasteiger partial charge in [0.05, 0.1) is 10.9 Å². The molecule has 0 atom stereocenters. The van der Waals surface area contributed by atoms with E-state index >= 15 is 0 Å². The Kier molecular flexibility index (Phi) is 3.74. The quantitative estimate of drug-likeness (QED) is 0.479. The Morgan fingerprint density at radius 2 is 1.81 bits per heavy atom. The van der Waals surface area contributed by atoms with Crippen molar-refractivity contribution in [1.29, 1.82) is 0 Å². The third kappa shape index (κ3) is 3.26. The predicted octanol–water partition coefficient (Wildman–Crippen LogP) is -1.72. The van der Waals surface area contributed by atoms with Crippen molar-refractivity contribution in [2.75, 3.05) is 23.7 Å². The molecule has 2 amide bonds. The molecule has 7 N–H and O–H groups in total. The minimum Gasteiger partial charge on any atom is -0.399 e. The van der Waals surface area contributed by atoms with E-state index in [1.165, 1.54) is 11.0 Å². The van der Waals surface area contributed by atoms with E-state index in [0.717, 1.165) is 0 Å². The molecule has 0 aliphatic rings. The molecule has 0 unspecified atom stereocenters. The van der Waals surface area contributed by atoms with Gasteiger partial charge in [-0.25, -0.2) is 4.98 Å². The van der Waals surface area contributed by atoms with Crippen molar-refractivity contribution >= 4 is 34.4 Å². The summed E-state index contributed by atoms with van der Waals surface area (Å²) in [4.78, 5) is 42.0. The molecule has 9 nitrogen and oxygen atoms in total. The Morgan fingerprint density at radius 1 is 1.19 bits per heavy atom. The smallest absolute Gasteiger partial charge is 0.260 e. The second kappa shape index (κ2) is 5.49. The van der Waals surface area contributed by atoms with E-state index in [1.807, 2.05) is 0 Å². The van der Waals surface area contributed by atoms with E-state index in [4.69, 9.17) is 17.2 Å². The third-order valence-electron chi connectivity index (χ3n) is 2.71. The van der Waals surface area contributed by atoms with Gasteiger partial charge in [0.1, 0.15) is 13.1 Å². The summed E-state index contributed by atoms with van der Waals surface area (Å²) in [5, 5.41) is 0.303. The number of aromatic amines is 1. The Balaban J connectivity index is 2.52. The summed E-state index contributed by atoms with van der Waals surface area (Å²) in [5.74, 6) is -1.33. The fraction of sp³-hybridized carbons (Fsp3) is 0.167. The number of primary amides is 2. The van der Waals surface area contributed by atoms with Crippen molar-refractivity contribution in [3.63, 3.8) is 0 Å². The molecular weight excluding hydrogens is 276 g/mol. The van der Waals surface area contributed by atoms with Crippen LogP contribution in [0.4, 0.5) is 11.6 Å². The number of carbonyl (C=O) groups is 2. The summed E-state index contributed by atoms with van der Waals surface area (Å²) >= 11 is 0. The van der Waals surface area contributed by atoms with Crippen LogP contribution in [-0.2, 0) is 9.59 Å². The Hall–Kier alpha value is -3.10. The highest BCUT2D eigenvalue weighted by Crippen LogP contribution is 2.14. The van der Waals surface area contributed by atoms with Crippen molar-refractivity contribution in [3.05, 3.63) is 28.6 Å². The van der Waals surface area contributed by atoms with Crippen LogP contribution in [0.5, 0.6) is 0 Å². The second-order valence-corrected chi connectivity index (χ2v) is 4.45. The van der Waals surface area contributed by atoms with E-state index in [-0.39, 0.29) is 19.0 Å². The molecule has 0 fully saturated rings. The third-order valence-corrected chi connectivity index (χ3v) is 2.71. The van der Waals surface area contributed by atoms with Gasteiger partial charge >= 0.3 is 0 Å². The molecule has 0 spiro atoms. The second-order valence-electron chi connectivity index (χ2n) is 4.45. The number of anilines is 2. The first kappa shape index (κ1) is 14.3. The number of nitrogens with one attached hydrogen (secondary N) is 1. The van der Waals surface area contributed by atoms with Crippen molar-refractivity contribution < 1.29 is 9.59 Å². The largest absolute Gasteiger partial charge is 0.399 e. The summed E-state index contributed by atoms with van der Waals surface area (Å²) in [6.07, 6.45) is 0. The molecule has 0 saturated carbocycles. The van der Waals surface area contributed by atoms with Crippen molar-refractivity contribution in [2.24, 2.45) is 11.5 Å². The highest BCUT2D eigenvalue weighted by molar-refractivity contribution is 5.85.